The predicted octanol–water partition coefficient (Wildman–Crippen LogP) is 5.10. The van der Waals surface area contributed by atoms with Gasteiger partial charge in [0.1, 0.15) is 5.69 Å². The Morgan fingerprint density at radius 1 is 1.22 bits per heavy atom. The van der Waals surface area contributed by atoms with Gasteiger partial charge in [0.15, 0.2) is 17.2 Å². The van der Waals surface area contributed by atoms with Crippen LogP contribution in [0.2, 0.25) is 5.02 Å². The summed E-state index contributed by atoms with van der Waals surface area (Å²) < 4.78 is 54.2. The van der Waals surface area contributed by atoms with Gasteiger partial charge in [-0.3, -0.25) is 14.6 Å². The number of aromatic nitrogens is 1. The summed E-state index contributed by atoms with van der Waals surface area (Å²) in [6, 6.07) is 6.18. The topological polar surface area (TPSA) is 47.0 Å². The molecule has 1 aromatic heterocycles. The highest BCUT2D eigenvalue weighted by molar-refractivity contribution is 6.32. The zero-order chi connectivity index (χ0) is 19.8. The van der Waals surface area contributed by atoms with Gasteiger partial charge in [-0.05, 0) is 24.1 Å². The molecule has 0 radical (unpaired) electrons. The van der Waals surface area contributed by atoms with Gasteiger partial charge >= 0.3 is 6.18 Å². The average Bonchev–Trinajstić information content (AvgIpc) is 2.63. The van der Waals surface area contributed by atoms with Crippen molar-refractivity contribution in [3.05, 3.63) is 63.9 Å². The van der Waals surface area contributed by atoms with Crippen molar-refractivity contribution in [1.82, 2.24) is 4.98 Å². The number of pyridine rings is 1. The van der Waals surface area contributed by atoms with Crippen LogP contribution in [0.25, 0.3) is 0 Å². The first kappa shape index (κ1) is 19.5. The molecule has 0 fully saturated rings. The summed E-state index contributed by atoms with van der Waals surface area (Å²) in [5.74, 6) is -1.15. The van der Waals surface area contributed by atoms with E-state index in [1.165, 1.54) is 30.5 Å². The molecule has 1 heterocycles. The van der Waals surface area contributed by atoms with Crippen molar-refractivity contribution in [2.75, 3.05) is 0 Å². The van der Waals surface area contributed by atoms with Gasteiger partial charge in [0.2, 0.25) is 0 Å². The Kier molecular flexibility index (Phi) is 5.08. The summed E-state index contributed by atoms with van der Waals surface area (Å²) >= 11 is 5.82. The lowest BCUT2D eigenvalue weighted by molar-refractivity contribution is -0.137. The quantitative estimate of drug-likeness (QED) is 0.672. The molecule has 1 atom stereocenters. The van der Waals surface area contributed by atoms with Gasteiger partial charge in [-0.25, -0.2) is 4.39 Å². The van der Waals surface area contributed by atoms with E-state index in [4.69, 9.17) is 11.6 Å². The highest BCUT2D eigenvalue weighted by atomic mass is 35.5. The molecule has 0 aliphatic heterocycles. The summed E-state index contributed by atoms with van der Waals surface area (Å²) in [6.07, 6.45) is -4.23. The van der Waals surface area contributed by atoms with Crippen LogP contribution in [0.3, 0.4) is 0 Å². The van der Waals surface area contributed by atoms with E-state index in [1.807, 2.05) is 0 Å². The Morgan fingerprint density at radius 3 is 2.67 bits per heavy atom. The molecule has 2 aromatic rings. The second-order valence-corrected chi connectivity index (χ2v) is 6.70. The van der Waals surface area contributed by atoms with Crippen LogP contribution in [0.15, 0.2) is 36.5 Å². The van der Waals surface area contributed by atoms with Crippen molar-refractivity contribution in [2.45, 2.75) is 37.5 Å². The van der Waals surface area contributed by atoms with Gasteiger partial charge in [-0.1, -0.05) is 29.8 Å². The first-order chi connectivity index (χ1) is 12.6. The van der Waals surface area contributed by atoms with Crippen LogP contribution < -0.4 is 0 Å². The summed E-state index contributed by atoms with van der Waals surface area (Å²) in [7, 11) is 0. The van der Waals surface area contributed by atoms with Crippen LogP contribution >= 0.6 is 11.6 Å². The molecule has 1 aliphatic rings. The lowest BCUT2D eigenvalue weighted by atomic mass is 9.78. The SMILES string of the molecule is O=C1CC[C@@](F)(C(=O)CCc2cccc(C(F)(F)F)c2Cl)c2cccnc21. The van der Waals surface area contributed by atoms with Gasteiger partial charge in [-0.15, -0.1) is 0 Å². The van der Waals surface area contributed by atoms with Crippen LogP contribution in [0.5, 0.6) is 0 Å². The lowest BCUT2D eigenvalue weighted by Crippen LogP contribution is -2.37. The molecule has 0 saturated heterocycles. The number of hydrogen-bond acceptors (Lipinski definition) is 3. The Bertz CT molecular complexity index is 913. The minimum atomic E-state index is -4.62. The molecule has 1 aromatic carbocycles. The molecule has 0 bridgehead atoms. The van der Waals surface area contributed by atoms with Crippen LogP contribution in [-0.4, -0.2) is 16.6 Å². The highest BCUT2D eigenvalue weighted by Crippen LogP contribution is 2.40. The summed E-state index contributed by atoms with van der Waals surface area (Å²) in [5, 5.41) is -0.494. The fourth-order valence-corrected chi connectivity index (χ4v) is 3.54. The van der Waals surface area contributed by atoms with Crippen molar-refractivity contribution in [2.24, 2.45) is 0 Å². The minimum Gasteiger partial charge on any atom is -0.296 e. The number of rotatable bonds is 4. The van der Waals surface area contributed by atoms with Crippen LogP contribution in [0.1, 0.15) is 46.4 Å². The first-order valence-corrected chi connectivity index (χ1v) is 8.58. The zero-order valence-corrected chi connectivity index (χ0v) is 14.7. The fourth-order valence-electron chi connectivity index (χ4n) is 3.21. The largest absolute Gasteiger partial charge is 0.417 e. The van der Waals surface area contributed by atoms with Crippen LogP contribution in [0.4, 0.5) is 17.6 Å². The Hall–Kier alpha value is -2.28. The summed E-state index contributed by atoms with van der Waals surface area (Å²) in [6.45, 7) is 0. The monoisotopic (exact) mass is 399 g/mol. The number of Topliss-reactive ketones (excluding diaryl/α,β-unsaturated/α-hetero) is 2. The van der Waals surface area contributed by atoms with Crippen molar-refractivity contribution >= 4 is 23.2 Å². The van der Waals surface area contributed by atoms with Crippen molar-refractivity contribution in [1.29, 1.82) is 0 Å². The number of fused-ring (bicyclic) bond motifs is 1. The molecular weight excluding hydrogens is 386 g/mol. The number of halogens is 5. The van der Waals surface area contributed by atoms with E-state index in [1.54, 1.807) is 0 Å². The summed E-state index contributed by atoms with van der Waals surface area (Å²) in [4.78, 5) is 28.3. The normalized spacial score (nSPS) is 19.7. The predicted molar refractivity (Wildman–Crippen MR) is 90.4 cm³/mol. The van der Waals surface area contributed by atoms with E-state index in [0.717, 1.165) is 6.07 Å². The fraction of sp³-hybridized carbons (Fsp3) is 0.316. The van der Waals surface area contributed by atoms with Gasteiger partial charge in [0, 0.05) is 31.0 Å². The zero-order valence-electron chi connectivity index (χ0n) is 13.9. The average molecular weight is 400 g/mol. The smallest absolute Gasteiger partial charge is 0.296 e. The number of carbonyl (C=O) groups excluding carboxylic acids is 2. The highest BCUT2D eigenvalue weighted by Gasteiger charge is 2.46. The van der Waals surface area contributed by atoms with Gasteiger partial charge in [0.25, 0.3) is 0 Å². The van der Waals surface area contributed by atoms with Crippen molar-refractivity contribution in [3.8, 4) is 0 Å². The number of alkyl halides is 4. The molecule has 0 spiro atoms. The van der Waals surface area contributed by atoms with E-state index in [9.17, 15) is 22.8 Å². The van der Waals surface area contributed by atoms with E-state index >= 15 is 4.39 Å². The van der Waals surface area contributed by atoms with Gasteiger partial charge in [0.05, 0.1) is 10.6 Å². The molecule has 0 N–H and O–H groups in total. The number of benzene rings is 1. The maximum atomic E-state index is 15.4. The van der Waals surface area contributed by atoms with E-state index in [2.05, 4.69) is 4.98 Å². The number of carbonyl (C=O) groups is 2. The molecule has 0 saturated carbocycles. The molecule has 3 rings (SSSR count). The Morgan fingerprint density at radius 2 is 1.96 bits per heavy atom. The first-order valence-electron chi connectivity index (χ1n) is 8.20. The van der Waals surface area contributed by atoms with E-state index < -0.39 is 28.2 Å². The third-order valence-corrected chi connectivity index (χ3v) is 5.09. The Balaban J connectivity index is 1.83. The van der Waals surface area contributed by atoms with Gasteiger partial charge < -0.3 is 0 Å². The maximum Gasteiger partial charge on any atom is 0.417 e. The third-order valence-electron chi connectivity index (χ3n) is 4.64. The second-order valence-electron chi connectivity index (χ2n) is 6.32. The molecule has 8 heteroatoms. The molecular formula is C19H14ClF4NO2. The maximum absolute atomic E-state index is 15.4. The number of nitrogens with zero attached hydrogens (tertiary/aromatic N) is 1. The van der Waals surface area contributed by atoms with E-state index in [-0.39, 0.29) is 48.3 Å². The Labute approximate surface area is 157 Å². The van der Waals surface area contributed by atoms with Crippen molar-refractivity contribution < 1.29 is 27.2 Å². The lowest BCUT2D eigenvalue weighted by Gasteiger charge is -2.29. The number of aryl methyl sites for hydroxylation is 1. The molecule has 0 unspecified atom stereocenters. The molecule has 3 nitrogen and oxygen atoms in total. The second kappa shape index (κ2) is 7.03. The van der Waals surface area contributed by atoms with Crippen LogP contribution in [-0.2, 0) is 23.1 Å². The number of ketones is 2. The van der Waals surface area contributed by atoms with E-state index in [0.29, 0.717) is 0 Å². The molecule has 27 heavy (non-hydrogen) atoms. The minimum absolute atomic E-state index is 0.0725. The van der Waals surface area contributed by atoms with Gasteiger partial charge in [-0.2, -0.15) is 13.2 Å². The summed E-state index contributed by atoms with van der Waals surface area (Å²) in [5.41, 5.74) is -3.42. The number of hydrogen-bond donors (Lipinski definition) is 0. The third kappa shape index (κ3) is 3.60. The standard InChI is InChI=1S/C19H14ClF4NO2/c20-16-11(3-1-4-12(16)19(22,23)24)6-7-15(27)18(21)9-8-14(26)17-13(18)5-2-10-25-17/h1-5,10H,6-9H2/t18-/m0/s1. The van der Waals surface area contributed by atoms with Crippen LogP contribution in [0, 0.1) is 0 Å². The molecule has 142 valence electrons. The molecule has 0 amide bonds. The van der Waals surface area contributed by atoms with Crippen molar-refractivity contribution in [3.63, 3.8) is 0 Å². The molecule has 1 aliphatic carbocycles.